The first kappa shape index (κ1) is 18.0. The summed E-state index contributed by atoms with van der Waals surface area (Å²) < 4.78 is 29.7. The van der Waals surface area contributed by atoms with Crippen LogP contribution in [-0.4, -0.2) is 48.6 Å². The maximum Gasteiger partial charge on any atom is 0.268 e. The van der Waals surface area contributed by atoms with Crippen LogP contribution < -0.4 is 4.31 Å². The van der Waals surface area contributed by atoms with Gasteiger partial charge in [-0.15, -0.1) is 0 Å². The van der Waals surface area contributed by atoms with Crippen LogP contribution in [0.25, 0.3) is 0 Å². The molecule has 1 aliphatic carbocycles. The molecule has 1 saturated carbocycles. The molecule has 0 spiro atoms. The fourth-order valence-electron chi connectivity index (χ4n) is 3.78. The number of hydrogen-bond donors (Lipinski definition) is 0. The number of fused-ring (bicyclic) bond motifs is 1. The minimum atomic E-state index is -3.73. The molecule has 1 fully saturated rings. The summed E-state index contributed by atoms with van der Waals surface area (Å²) in [6.07, 6.45) is 2.77. The summed E-state index contributed by atoms with van der Waals surface area (Å²) in [5.41, 5.74) is 2.70. The van der Waals surface area contributed by atoms with Gasteiger partial charge in [0.15, 0.2) is 0 Å². The Morgan fingerprint density at radius 2 is 1.96 bits per heavy atom. The predicted molar refractivity (Wildman–Crippen MR) is 102 cm³/mol. The van der Waals surface area contributed by atoms with Crippen molar-refractivity contribution in [1.29, 1.82) is 0 Å². The van der Waals surface area contributed by atoms with Crippen LogP contribution in [0, 0.1) is 13.8 Å². The molecule has 1 amide bonds. The smallest absolute Gasteiger partial charge is 0.268 e. The summed E-state index contributed by atoms with van der Waals surface area (Å²) in [6.45, 7) is 3.90. The van der Waals surface area contributed by atoms with E-state index in [4.69, 9.17) is 0 Å². The van der Waals surface area contributed by atoms with Crippen LogP contribution >= 0.6 is 0 Å². The van der Waals surface area contributed by atoms with E-state index in [1.54, 1.807) is 25.8 Å². The van der Waals surface area contributed by atoms with Gasteiger partial charge in [-0.3, -0.25) is 13.8 Å². The number of benzene rings is 1. The third-order valence-corrected chi connectivity index (χ3v) is 7.55. The normalized spacial score (nSPS) is 16.5. The Morgan fingerprint density at radius 3 is 2.67 bits per heavy atom. The molecular formula is C19H24N4O3S. The van der Waals surface area contributed by atoms with Crippen molar-refractivity contribution in [2.75, 3.05) is 17.9 Å². The molecule has 8 heteroatoms. The first-order chi connectivity index (χ1) is 12.8. The SMILES string of the molecule is Cc1nn(CC(=O)N(C)C2CC2)c(C)c1S(=O)(=O)N1CCc2ccccc21. The Morgan fingerprint density at radius 1 is 1.26 bits per heavy atom. The van der Waals surface area contributed by atoms with Crippen molar-refractivity contribution in [3.63, 3.8) is 0 Å². The number of nitrogens with zero attached hydrogens (tertiary/aromatic N) is 4. The van der Waals surface area contributed by atoms with Crippen molar-refractivity contribution in [2.45, 2.75) is 50.6 Å². The largest absolute Gasteiger partial charge is 0.341 e. The van der Waals surface area contributed by atoms with Crippen LogP contribution in [0.1, 0.15) is 29.8 Å². The molecule has 2 aromatic rings. The minimum absolute atomic E-state index is 0.0430. The zero-order valence-corrected chi connectivity index (χ0v) is 16.7. The summed E-state index contributed by atoms with van der Waals surface area (Å²) in [6, 6.07) is 7.88. The van der Waals surface area contributed by atoms with Gasteiger partial charge in [-0.25, -0.2) is 8.42 Å². The number of rotatable bonds is 5. The minimum Gasteiger partial charge on any atom is -0.341 e. The lowest BCUT2D eigenvalue weighted by molar-refractivity contribution is -0.131. The average Bonchev–Trinajstić information content (AvgIpc) is 3.31. The zero-order chi connectivity index (χ0) is 19.3. The fourth-order valence-corrected chi connectivity index (χ4v) is 5.66. The predicted octanol–water partition coefficient (Wildman–Crippen LogP) is 1.87. The van der Waals surface area contributed by atoms with Gasteiger partial charge in [0.1, 0.15) is 11.4 Å². The molecule has 0 bridgehead atoms. The van der Waals surface area contributed by atoms with E-state index in [1.165, 1.54) is 8.99 Å². The summed E-state index contributed by atoms with van der Waals surface area (Å²) in [4.78, 5) is 14.4. The molecule has 27 heavy (non-hydrogen) atoms. The fraction of sp³-hybridized carbons (Fsp3) is 0.474. The van der Waals surface area contributed by atoms with Crippen molar-refractivity contribution in [3.8, 4) is 0 Å². The van der Waals surface area contributed by atoms with Crippen LogP contribution in [0.5, 0.6) is 0 Å². The quantitative estimate of drug-likeness (QED) is 0.784. The molecule has 1 aromatic carbocycles. The number of amides is 1. The molecule has 144 valence electrons. The number of aryl methyl sites for hydroxylation is 1. The molecule has 0 unspecified atom stereocenters. The number of carbonyl (C=O) groups is 1. The first-order valence-electron chi connectivity index (χ1n) is 9.21. The standard InChI is InChI=1S/C19H24N4O3S/c1-13-19(14(2)22(20-13)12-18(24)21(3)16-8-9-16)27(25,26)23-11-10-15-6-4-5-7-17(15)23/h4-7,16H,8-12H2,1-3H3. The highest BCUT2D eigenvalue weighted by Crippen LogP contribution is 2.34. The average molecular weight is 388 g/mol. The van der Waals surface area contributed by atoms with Gasteiger partial charge in [0.2, 0.25) is 5.91 Å². The number of aromatic nitrogens is 2. The van der Waals surface area contributed by atoms with E-state index in [2.05, 4.69) is 5.10 Å². The van der Waals surface area contributed by atoms with Gasteiger partial charge in [0.05, 0.1) is 17.1 Å². The highest BCUT2D eigenvalue weighted by molar-refractivity contribution is 7.93. The van der Waals surface area contributed by atoms with Gasteiger partial charge in [-0.05, 0) is 44.7 Å². The van der Waals surface area contributed by atoms with Gasteiger partial charge in [0.25, 0.3) is 10.0 Å². The molecular weight excluding hydrogens is 364 g/mol. The summed E-state index contributed by atoms with van der Waals surface area (Å²) in [5.74, 6) is -0.0430. The maximum atomic E-state index is 13.4. The summed E-state index contributed by atoms with van der Waals surface area (Å²) in [7, 11) is -1.93. The van der Waals surface area contributed by atoms with Crippen LogP contribution in [0.3, 0.4) is 0 Å². The lowest BCUT2D eigenvalue weighted by Gasteiger charge is -2.20. The Kier molecular flexibility index (Phi) is 4.25. The highest BCUT2D eigenvalue weighted by Gasteiger charge is 2.35. The van der Waals surface area contributed by atoms with Crippen LogP contribution in [0.2, 0.25) is 0 Å². The number of likely N-dealkylation sites (N-methyl/N-ethyl adjacent to an activating group) is 1. The molecule has 7 nitrogen and oxygen atoms in total. The zero-order valence-electron chi connectivity index (χ0n) is 15.8. The van der Waals surface area contributed by atoms with Gasteiger partial charge in [0, 0.05) is 19.6 Å². The number of anilines is 1. The topological polar surface area (TPSA) is 75.5 Å². The second-order valence-corrected chi connectivity index (χ2v) is 9.15. The molecule has 1 aliphatic heterocycles. The maximum absolute atomic E-state index is 13.4. The van der Waals surface area contributed by atoms with E-state index in [9.17, 15) is 13.2 Å². The molecule has 2 heterocycles. The highest BCUT2D eigenvalue weighted by atomic mass is 32.2. The van der Waals surface area contributed by atoms with E-state index in [1.807, 2.05) is 24.3 Å². The lowest BCUT2D eigenvalue weighted by atomic mass is 10.2. The van der Waals surface area contributed by atoms with Crippen molar-refractivity contribution < 1.29 is 13.2 Å². The molecule has 0 saturated heterocycles. The van der Waals surface area contributed by atoms with E-state index in [0.29, 0.717) is 30.4 Å². The van der Waals surface area contributed by atoms with Crippen LogP contribution in [0.4, 0.5) is 5.69 Å². The second kappa shape index (κ2) is 6.37. The summed E-state index contributed by atoms with van der Waals surface area (Å²) in [5, 5.41) is 4.37. The second-order valence-electron chi connectivity index (χ2n) is 7.35. The van der Waals surface area contributed by atoms with Gasteiger partial charge < -0.3 is 4.90 Å². The van der Waals surface area contributed by atoms with Gasteiger partial charge >= 0.3 is 0 Å². The molecule has 0 radical (unpaired) electrons. The Labute approximate surface area is 159 Å². The van der Waals surface area contributed by atoms with Crippen molar-refractivity contribution in [1.82, 2.24) is 14.7 Å². The number of carbonyl (C=O) groups excluding carboxylic acids is 1. The van der Waals surface area contributed by atoms with E-state index in [0.717, 1.165) is 24.1 Å². The van der Waals surface area contributed by atoms with E-state index in [-0.39, 0.29) is 17.3 Å². The third-order valence-electron chi connectivity index (χ3n) is 5.48. The van der Waals surface area contributed by atoms with Gasteiger partial charge in [-0.1, -0.05) is 18.2 Å². The van der Waals surface area contributed by atoms with Crippen molar-refractivity contribution in [2.24, 2.45) is 0 Å². The van der Waals surface area contributed by atoms with Crippen molar-refractivity contribution >= 4 is 21.6 Å². The van der Waals surface area contributed by atoms with Crippen molar-refractivity contribution in [3.05, 3.63) is 41.2 Å². The molecule has 4 rings (SSSR count). The number of sulfonamides is 1. The third kappa shape index (κ3) is 3.01. The number of hydrogen-bond acceptors (Lipinski definition) is 4. The first-order valence-corrected chi connectivity index (χ1v) is 10.6. The lowest BCUT2D eigenvalue weighted by Crippen LogP contribution is -2.33. The Balaban J connectivity index is 1.66. The monoisotopic (exact) mass is 388 g/mol. The molecule has 2 aliphatic rings. The van der Waals surface area contributed by atoms with E-state index >= 15 is 0 Å². The van der Waals surface area contributed by atoms with Crippen LogP contribution in [0.15, 0.2) is 29.2 Å². The Hall–Kier alpha value is -2.35. The van der Waals surface area contributed by atoms with Crippen LogP contribution in [-0.2, 0) is 27.8 Å². The molecule has 1 aromatic heterocycles. The van der Waals surface area contributed by atoms with E-state index < -0.39 is 10.0 Å². The van der Waals surface area contributed by atoms with Gasteiger partial charge in [-0.2, -0.15) is 5.10 Å². The molecule has 0 N–H and O–H groups in total. The summed E-state index contributed by atoms with van der Waals surface area (Å²) >= 11 is 0. The molecule has 0 atom stereocenters. The number of para-hydroxylation sites is 1. The Bertz CT molecular complexity index is 1010.